The molecule has 10 nitrogen and oxygen atoms in total. The number of aromatic amines is 1. The van der Waals surface area contributed by atoms with Crippen LogP contribution in [0.3, 0.4) is 0 Å². The van der Waals surface area contributed by atoms with Gasteiger partial charge in [-0.25, -0.2) is 9.37 Å². The Morgan fingerprint density at radius 3 is 2.44 bits per heavy atom. The summed E-state index contributed by atoms with van der Waals surface area (Å²) in [6.07, 6.45) is 3.23. The van der Waals surface area contributed by atoms with Gasteiger partial charge in [-0.15, -0.1) is 0 Å². The lowest BCUT2D eigenvalue weighted by atomic mass is 9.96. The van der Waals surface area contributed by atoms with Crippen molar-refractivity contribution in [3.05, 3.63) is 76.1 Å². The van der Waals surface area contributed by atoms with Crippen LogP contribution in [0.1, 0.15) is 45.1 Å². The summed E-state index contributed by atoms with van der Waals surface area (Å²) < 4.78 is 42.8. The predicted molar refractivity (Wildman–Crippen MR) is 152 cm³/mol. The summed E-state index contributed by atoms with van der Waals surface area (Å²) in [5.74, 6) is -2.13. The number of carbonyl (C=O) groups is 3. The van der Waals surface area contributed by atoms with E-state index in [1.165, 1.54) is 24.4 Å². The van der Waals surface area contributed by atoms with Gasteiger partial charge < -0.3 is 30.2 Å². The van der Waals surface area contributed by atoms with Crippen LogP contribution in [0.2, 0.25) is 5.02 Å². The average Bonchev–Trinajstić information content (AvgIpc) is 3.47. The van der Waals surface area contributed by atoms with E-state index in [-0.39, 0.29) is 40.6 Å². The molecule has 3 N–H and O–H groups in total. The number of nitrogens with zero attached hydrogens (tertiary/aromatic N) is 3. The average molecular weight is 619 g/mol. The molecule has 2 aromatic carbocycles. The second kappa shape index (κ2) is 13.5. The van der Waals surface area contributed by atoms with Gasteiger partial charge in [-0.1, -0.05) is 17.7 Å². The number of amides is 3. The molecule has 0 bridgehead atoms. The van der Waals surface area contributed by atoms with Crippen LogP contribution in [-0.2, 0) is 11.2 Å². The largest absolute Gasteiger partial charge is 0.432 e. The van der Waals surface area contributed by atoms with Crippen molar-refractivity contribution in [3.8, 4) is 5.75 Å². The fourth-order valence-corrected chi connectivity index (χ4v) is 5.48. The Hall–Kier alpha value is -4.10. The number of piperidine rings is 1. The van der Waals surface area contributed by atoms with Gasteiger partial charge in [0.05, 0.1) is 10.6 Å². The standard InChI is InChI=1S/C29H30ClF3N6O4/c30-22-15-19(2-3-21(22)28(42)39-11-9-38(10-12-39)27(41)18-5-7-34-8-6-18)37-26(40)25-35-16-20(36-25)13-17-1-4-24(23(31)14-17)43-29(32)33/h1-4,14-16,18,29,34H,5-13H2,(H,35,36)(H,37,40). The van der Waals surface area contributed by atoms with Crippen molar-refractivity contribution in [2.24, 2.45) is 5.92 Å². The zero-order chi connectivity index (χ0) is 30.5. The van der Waals surface area contributed by atoms with Crippen molar-refractivity contribution in [1.29, 1.82) is 0 Å². The summed E-state index contributed by atoms with van der Waals surface area (Å²) in [6, 6.07) is 8.17. The second-order valence-corrected chi connectivity index (χ2v) is 10.8. The van der Waals surface area contributed by atoms with E-state index in [1.807, 2.05) is 4.90 Å². The number of benzene rings is 2. The number of rotatable bonds is 8. The number of H-pyrrole nitrogens is 1. The second-order valence-electron chi connectivity index (χ2n) is 10.4. The van der Waals surface area contributed by atoms with E-state index in [0.717, 1.165) is 38.1 Å². The van der Waals surface area contributed by atoms with Gasteiger partial charge >= 0.3 is 6.61 Å². The first kappa shape index (κ1) is 30.4. The molecular formula is C29H30ClF3N6O4. The van der Waals surface area contributed by atoms with Gasteiger partial charge in [0, 0.05) is 56.1 Å². The molecule has 2 aliphatic heterocycles. The lowest BCUT2D eigenvalue weighted by Gasteiger charge is -2.37. The van der Waals surface area contributed by atoms with Crippen LogP contribution < -0.4 is 15.4 Å². The molecule has 5 rings (SSSR count). The Morgan fingerprint density at radius 1 is 1.05 bits per heavy atom. The van der Waals surface area contributed by atoms with E-state index in [2.05, 4.69) is 25.3 Å². The van der Waals surface area contributed by atoms with Crippen LogP contribution in [0.25, 0.3) is 0 Å². The minimum Gasteiger partial charge on any atom is -0.432 e. The van der Waals surface area contributed by atoms with E-state index in [0.29, 0.717) is 43.1 Å². The Kier molecular flexibility index (Phi) is 9.51. The SMILES string of the molecule is O=C(Nc1ccc(C(=O)N2CCN(C(=O)C3CCNCC3)CC2)c(Cl)c1)c1ncc(Cc2ccc(OC(F)F)c(F)c2)[nH]1. The number of aromatic nitrogens is 2. The third-order valence-electron chi connectivity index (χ3n) is 7.47. The first-order valence-electron chi connectivity index (χ1n) is 13.8. The first-order chi connectivity index (χ1) is 20.7. The summed E-state index contributed by atoms with van der Waals surface area (Å²) in [6.45, 7) is 0.307. The van der Waals surface area contributed by atoms with Crippen molar-refractivity contribution in [3.63, 3.8) is 0 Å². The maximum absolute atomic E-state index is 14.0. The van der Waals surface area contributed by atoms with Gasteiger partial charge in [-0.2, -0.15) is 8.78 Å². The van der Waals surface area contributed by atoms with E-state index in [9.17, 15) is 27.6 Å². The van der Waals surface area contributed by atoms with Crippen molar-refractivity contribution in [1.82, 2.24) is 25.1 Å². The normalized spacial score (nSPS) is 15.9. The Labute approximate surface area is 250 Å². The molecule has 14 heteroatoms. The van der Waals surface area contributed by atoms with Gasteiger partial charge in [0.1, 0.15) is 0 Å². The molecule has 2 saturated heterocycles. The summed E-state index contributed by atoms with van der Waals surface area (Å²) in [4.78, 5) is 49.1. The number of alkyl halides is 2. The maximum Gasteiger partial charge on any atom is 0.387 e. The molecule has 228 valence electrons. The lowest BCUT2D eigenvalue weighted by Crippen LogP contribution is -2.52. The summed E-state index contributed by atoms with van der Waals surface area (Å²) in [5.41, 5.74) is 1.58. The molecule has 0 radical (unpaired) electrons. The molecule has 0 aliphatic carbocycles. The topological polar surface area (TPSA) is 120 Å². The highest BCUT2D eigenvalue weighted by molar-refractivity contribution is 6.34. The van der Waals surface area contributed by atoms with Gasteiger partial charge in [0.25, 0.3) is 11.8 Å². The van der Waals surface area contributed by atoms with Gasteiger partial charge in [-0.05, 0) is 61.8 Å². The number of carbonyl (C=O) groups excluding carboxylic acids is 3. The van der Waals surface area contributed by atoms with Crippen molar-refractivity contribution < 1.29 is 32.3 Å². The molecule has 0 spiro atoms. The zero-order valence-corrected chi connectivity index (χ0v) is 23.8. The molecule has 43 heavy (non-hydrogen) atoms. The summed E-state index contributed by atoms with van der Waals surface area (Å²) in [7, 11) is 0. The number of imidazole rings is 1. The quantitative estimate of drug-likeness (QED) is 0.352. The number of hydrogen-bond donors (Lipinski definition) is 3. The van der Waals surface area contributed by atoms with Crippen LogP contribution in [0.5, 0.6) is 5.75 Å². The molecule has 2 aliphatic rings. The van der Waals surface area contributed by atoms with Gasteiger partial charge in [-0.3, -0.25) is 14.4 Å². The third-order valence-corrected chi connectivity index (χ3v) is 7.79. The molecule has 3 aromatic rings. The minimum absolute atomic E-state index is 0.0127. The molecule has 2 fully saturated rings. The summed E-state index contributed by atoms with van der Waals surface area (Å²) in [5, 5.41) is 6.09. The Balaban J connectivity index is 1.14. The molecule has 0 unspecified atom stereocenters. The summed E-state index contributed by atoms with van der Waals surface area (Å²) >= 11 is 6.43. The van der Waals surface area contributed by atoms with Crippen molar-refractivity contribution in [2.45, 2.75) is 25.9 Å². The fraction of sp³-hybridized carbons (Fsp3) is 0.379. The van der Waals surface area contributed by atoms with Crippen LogP contribution in [0, 0.1) is 11.7 Å². The number of halogens is 4. The van der Waals surface area contributed by atoms with E-state index < -0.39 is 24.1 Å². The number of anilines is 1. The Bertz CT molecular complexity index is 1490. The number of ether oxygens (including phenoxy) is 1. The molecule has 0 atom stereocenters. The van der Waals surface area contributed by atoms with Crippen LogP contribution in [-0.4, -0.2) is 83.4 Å². The zero-order valence-electron chi connectivity index (χ0n) is 23.0. The smallest absolute Gasteiger partial charge is 0.387 e. The fourth-order valence-electron chi connectivity index (χ4n) is 5.21. The van der Waals surface area contributed by atoms with Crippen LogP contribution in [0.4, 0.5) is 18.9 Å². The highest BCUT2D eigenvalue weighted by Crippen LogP contribution is 2.25. The van der Waals surface area contributed by atoms with Crippen molar-refractivity contribution >= 4 is 35.0 Å². The van der Waals surface area contributed by atoms with Crippen LogP contribution in [0.15, 0.2) is 42.6 Å². The molecular weight excluding hydrogens is 589 g/mol. The number of nitrogens with one attached hydrogen (secondary N) is 3. The lowest BCUT2D eigenvalue weighted by molar-refractivity contribution is -0.137. The van der Waals surface area contributed by atoms with Crippen LogP contribution >= 0.6 is 11.6 Å². The maximum atomic E-state index is 14.0. The number of hydrogen-bond acceptors (Lipinski definition) is 6. The molecule has 0 saturated carbocycles. The van der Waals surface area contributed by atoms with E-state index >= 15 is 0 Å². The van der Waals surface area contributed by atoms with E-state index in [1.54, 1.807) is 11.0 Å². The van der Waals surface area contributed by atoms with E-state index in [4.69, 9.17) is 11.6 Å². The third kappa shape index (κ3) is 7.46. The molecule has 1 aromatic heterocycles. The predicted octanol–water partition coefficient (Wildman–Crippen LogP) is 3.93. The highest BCUT2D eigenvalue weighted by Gasteiger charge is 2.30. The minimum atomic E-state index is -3.14. The molecule has 3 amide bonds. The highest BCUT2D eigenvalue weighted by atomic mass is 35.5. The Morgan fingerprint density at radius 2 is 1.77 bits per heavy atom. The monoisotopic (exact) mass is 618 g/mol. The molecule has 3 heterocycles. The first-order valence-corrected chi connectivity index (χ1v) is 14.2. The van der Waals surface area contributed by atoms with Gasteiger partial charge in [0.2, 0.25) is 5.91 Å². The van der Waals surface area contributed by atoms with Crippen molar-refractivity contribution in [2.75, 3.05) is 44.6 Å². The van der Waals surface area contributed by atoms with Gasteiger partial charge in [0.15, 0.2) is 17.4 Å². The number of piperazine rings is 1.